The van der Waals surface area contributed by atoms with Gasteiger partial charge in [0, 0.05) is 44.3 Å². The van der Waals surface area contributed by atoms with Crippen molar-refractivity contribution >= 4 is 22.6 Å². The van der Waals surface area contributed by atoms with Crippen LogP contribution in [0.4, 0.5) is 5.82 Å². The normalized spacial score (nSPS) is 15.6. The maximum absolute atomic E-state index is 13.6. The molecule has 0 spiro atoms. The lowest BCUT2D eigenvalue weighted by molar-refractivity contribution is -0.130. The van der Waals surface area contributed by atoms with E-state index >= 15 is 0 Å². The molecule has 0 bridgehead atoms. The zero-order chi connectivity index (χ0) is 23.9. The lowest BCUT2D eigenvalue weighted by atomic mass is 9.99. The number of anilines is 1. The molecule has 0 radical (unpaired) electrons. The van der Waals surface area contributed by atoms with Crippen LogP contribution in [0.3, 0.4) is 0 Å². The molecule has 5 nitrogen and oxygen atoms in total. The molecule has 0 aliphatic carbocycles. The van der Waals surface area contributed by atoms with Gasteiger partial charge < -0.3 is 14.4 Å². The highest BCUT2D eigenvalue weighted by Gasteiger charge is 2.27. The molecule has 178 valence electrons. The van der Waals surface area contributed by atoms with E-state index in [4.69, 9.17) is 0 Å². The molecule has 0 atom stereocenters. The molecule has 0 saturated carbocycles. The van der Waals surface area contributed by atoms with Crippen molar-refractivity contribution in [3.8, 4) is 11.3 Å². The van der Waals surface area contributed by atoms with E-state index in [9.17, 15) is 4.79 Å². The number of amides is 1. The van der Waals surface area contributed by atoms with Crippen LogP contribution in [0, 0.1) is 13.8 Å². The third-order valence-corrected chi connectivity index (χ3v) is 7.61. The highest BCUT2D eigenvalue weighted by atomic mass is 16.2. The maximum atomic E-state index is 13.6. The summed E-state index contributed by atoms with van der Waals surface area (Å²) in [4.78, 5) is 22.5. The van der Waals surface area contributed by atoms with Crippen LogP contribution in [0.25, 0.3) is 22.2 Å². The number of pyridine rings is 1. The quantitative estimate of drug-likeness (QED) is 0.419. The number of piperazine rings is 1. The lowest BCUT2D eigenvalue weighted by Crippen LogP contribution is -2.49. The summed E-state index contributed by atoms with van der Waals surface area (Å²) in [6.07, 6.45) is 4.56. The van der Waals surface area contributed by atoms with Crippen LogP contribution >= 0.6 is 0 Å². The highest BCUT2D eigenvalue weighted by molar-refractivity contribution is 5.97. The minimum atomic E-state index is 0.221. The number of para-hydroxylation sites is 1. The number of hydrogen-bond donors (Lipinski definition) is 0. The van der Waals surface area contributed by atoms with Gasteiger partial charge in [0.2, 0.25) is 5.91 Å². The number of hydrogen-bond acceptors (Lipinski definition) is 3. The largest absolute Gasteiger partial charge is 0.353 e. The number of benzene rings is 2. The third kappa shape index (κ3) is 3.99. The first-order valence-electron chi connectivity index (χ1n) is 12.7. The number of rotatable bonds is 4. The Bertz CT molecular complexity index is 1390. The van der Waals surface area contributed by atoms with Gasteiger partial charge in [-0.25, -0.2) is 4.98 Å². The molecule has 4 aromatic rings. The minimum absolute atomic E-state index is 0.221. The van der Waals surface area contributed by atoms with Gasteiger partial charge in [0.25, 0.3) is 0 Å². The van der Waals surface area contributed by atoms with Crippen LogP contribution in [0.2, 0.25) is 0 Å². The molecule has 1 fully saturated rings. The van der Waals surface area contributed by atoms with E-state index in [1.807, 2.05) is 17.2 Å². The first-order valence-corrected chi connectivity index (χ1v) is 12.7. The van der Waals surface area contributed by atoms with Crippen molar-refractivity contribution in [1.82, 2.24) is 14.5 Å². The summed E-state index contributed by atoms with van der Waals surface area (Å²) < 4.78 is 2.47. The Kier molecular flexibility index (Phi) is 5.56. The molecule has 2 aliphatic heterocycles. The van der Waals surface area contributed by atoms with E-state index in [1.165, 1.54) is 44.4 Å². The number of aromatic nitrogens is 2. The predicted octanol–water partition coefficient (Wildman–Crippen LogP) is 5.16. The topological polar surface area (TPSA) is 41.4 Å². The number of nitrogens with zero attached hydrogens (tertiary/aromatic N) is 4. The monoisotopic (exact) mass is 464 g/mol. The van der Waals surface area contributed by atoms with Gasteiger partial charge in [0.1, 0.15) is 5.82 Å². The Labute approximate surface area is 207 Å². The maximum Gasteiger partial charge on any atom is 0.227 e. The van der Waals surface area contributed by atoms with Crippen LogP contribution in [0.1, 0.15) is 28.7 Å². The Morgan fingerprint density at radius 2 is 1.71 bits per heavy atom. The second kappa shape index (κ2) is 8.88. The van der Waals surface area contributed by atoms with Crippen molar-refractivity contribution in [2.45, 2.75) is 39.7 Å². The lowest BCUT2D eigenvalue weighted by Gasteiger charge is -2.35. The first-order chi connectivity index (χ1) is 17.1. The molecular weight excluding hydrogens is 432 g/mol. The van der Waals surface area contributed by atoms with Gasteiger partial charge in [-0.05, 0) is 61.1 Å². The van der Waals surface area contributed by atoms with Crippen molar-refractivity contribution in [2.75, 3.05) is 31.1 Å². The second-order valence-corrected chi connectivity index (χ2v) is 10.00. The van der Waals surface area contributed by atoms with Crippen LogP contribution < -0.4 is 4.90 Å². The standard InChI is InChI=1S/C30H32N4O/c1-21-8-10-24(11-9-21)30-26(25-7-3-5-23-6-4-14-34(30)29(23)25)20-28(35)33-17-15-32(16-18-33)27-19-22(2)12-13-31-27/h3,5,7-13,19H,4,6,14-18,20H2,1-2H3. The Morgan fingerprint density at radius 1 is 0.914 bits per heavy atom. The summed E-state index contributed by atoms with van der Waals surface area (Å²) >= 11 is 0. The van der Waals surface area contributed by atoms with Crippen LogP contribution in [0.5, 0.6) is 0 Å². The average molecular weight is 465 g/mol. The average Bonchev–Trinajstić information content (AvgIpc) is 3.19. The van der Waals surface area contributed by atoms with E-state index in [0.717, 1.165) is 51.4 Å². The van der Waals surface area contributed by atoms with E-state index in [-0.39, 0.29) is 5.91 Å². The minimum Gasteiger partial charge on any atom is -0.353 e. The van der Waals surface area contributed by atoms with Gasteiger partial charge in [-0.1, -0.05) is 48.0 Å². The molecule has 6 rings (SSSR count). The van der Waals surface area contributed by atoms with Crippen molar-refractivity contribution in [3.05, 3.63) is 83.0 Å². The Balaban J connectivity index is 1.30. The molecule has 2 aromatic carbocycles. The van der Waals surface area contributed by atoms with E-state index < -0.39 is 0 Å². The van der Waals surface area contributed by atoms with Crippen molar-refractivity contribution in [1.29, 1.82) is 0 Å². The smallest absolute Gasteiger partial charge is 0.227 e. The van der Waals surface area contributed by atoms with Crippen molar-refractivity contribution in [3.63, 3.8) is 0 Å². The van der Waals surface area contributed by atoms with Crippen LogP contribution in [-0.2, 0) is 24.2 Å². The second-order valence-electron chi connectivity index (χ2n) is 10.00. The fourth-order valence-corrected chi connectivity index (χ4v) is 5.77. The van der Waals surface area contributed by atoms with Gasteiger partial charge in [0.15, 0.2) is 0 Å². The van der Waals surface area contributed by atoms with Crippen molar-refractivity contribution < 1.29 is 4.79 Å². The first kappa shape index (κ1) is 21.9. The molecule has 35 heavy (non-hydrogen) atoms. The zero-order valence-electron chi connectivity index (χ0n) is 20.6. The summed E-state index contributed by atoms with van der Waals surface area (Å²) in [5.74, 6) is 1.23. The summed E-state index contributed by atoms with van der Waals surface area (Å²) in [5, 5.41) is 1.24. The van der Waals surface area contributed by atoms with Crippen molar-refractivity contribution in [2.24, 2.45) is 0 Å². The number of aryl methyl sites for hydroxylation is 4. The molecule has 0 unspecified atom stereocenters. The molecule has 1 saturated heterocycles. The Hall–Kier alpha value is -3.60. The van der Waals surface area contributed by atoms with Gasteiger partial charge in [0.05, 0.1) is 17.6 Å². The van der Waals surface area contributed by atoms with Gasteiger partial charge >= 0.3 is 0 Å². The fraction of sp³-hybridized carbons (Fsp3) is 0.333. The van der Waals surface area contributed by atoms with Crippen LogP contribution in [0.15, 0.2) is 60.8 Å². The molecular formula is C30H32N4O. The number of carbonyl (C=O) groups is 1. The van der Waals surface area contributed by atoms with Gasteiger partial charge in [-0.15, -0.1) is 0 Å². The summed E-state index contributed by atoms with van der Waals surface area (Å²) in [7, 11) is 0. The Morgan fingerprint density at radius 3 is 2.49 bits per heavy atom. The molecule has 1 amide bonds. The molecule has 2 aliphatic rings. The van der Waals surface area contributed by atoms with Gasteiger partial charge in [-0.3, -0.25) is 4.79 Å². The summed E-state index contributed by atoms with van der Waals surface area (Å²) in [5.41, 5.74) is 8.81. The molecule has 0 N–H and O–H groups in total. The highest BCUT2D eigenvalue weighted by Crippen LogP contribution is 2.39. The zero-order valence-corrected chi connectivity index (χ0v) is 20.6. The molecule has 2 aromatic heterocycles. The number of carbonyl (C=O) groups excluding carboxylic acids is 1. The molecule has 5 heteroatoms. The fourth-order valence-electron chi connectivity index (χ4n) is 5.77. The van der Waals surface area contributed by atoms with Crippen LogP contribution in [-0.4, -0.2) is 46.5 Å². The van der Waals surface area contributed by atoms with E-state index in [2.05, 4.69) is 76.8 Å². The SMILES string of the molecule is Cc1ccc(-c2c(CC(=O)N3CCN(c4cc(C)ccn4)CC3)c3cccc4c3n2CCC4)cc1. The molecule has 4 heterocycles. The van der Waals surface area contributed by atoms with E-state index in [1.54, 1.807) is 0 Å². The summed E-state index contributed by atoms with van der Waals surface area (Å²) in [6, 6.07) is 19.5. The van der Waals surface area contributed by atoms with Gasteiger partial charge in [-0.2, -0.15) is 0 Å². The predicted molar refractivity (Wildman–Crippen MR) is 142 cm³/mol. The van der Waals surface area contributed by atoms with E-state index in [0.29, 0.717) is 6.42 Å². The third-order valence-electron chi connectivity index (χ3n) is 7.61. The summed E-state index contributed by atoms with van der Waals surface area (Å²) in [6.45, 7) is 8.33.